The first-order chi connectivity index (χ1) is 5.88. The van der Waals surface area contributed by atoms with E-state index in [1.54, 1.807) is 0 Å². The van der Waals surface area contributed by atoms with Gasteiger partial charge < -0.3 is 15.1 Å². The average Bonchev–Trinajstić information content (AvgIpc) is 2.02. The molecule has 0 radical (unpaired) electrons. The minimum absolute atomic E-state index is 0.247. The van der Waals surface area contributed by atoms with Crippen molar-refractivity contribution in [3.05, 3.63) is 12.7 Å². The Hall–Kier alpha value is -0.640. The number of nitrogens with one attached hydrogen (secondary N) is 1. The first-order valence-corrected chi connectivity index (χ1v) is 5.51. The van der Waals surface area contributed by atoms with E-state index in [0.29, 0.717) is 0 Å². The van der Waals surface area contributed by atoms with Crippen molar-refractivity contribution in [1.82, 2.24) is 5.32 Å². The van der Waals surface area contributed by atoms with Crippen LogP contribution in [0.5, 0.6) is 0 Å². The lowest BCUT2D eigenvalue weighted by atomic mass is 10.3. The third kappa shape index (κ3) is 5.58. The molecule has 1 unspecified atom stereocenters. The molecule has 0 aliphatic carbocycles. The third-order valence-electron chi connectivity index (χ3n) is 1.62. The Kier molecular flexibility index (Phi) is 4.91. The maximum Gasteiger partial charge on any atom is 0.328 e. The number of amides is 1. The fourth-order valence-corrected chi connectivity index (χ4v) is 1.11. The first-order valence-electron chi connectivity index (χ1n) is 3.83. The first kappa shape index (κ1) is 12.4. The second-order valence-electron chi connectivity index (χ2n) is 2.72. The molecular formula is C7H14NO4P. The zero-order valence-corrected chi connectivity index (χ0v) is 8.33. The normalized spacial score (nSPS) is 13.5. The monoisotopic (exact) mass is 207 g/mol. The molecule has 76 valence electrons. The highest BCUT2D eigenvalue weighted by Crippen LogP contribution is 2.42. The molecule has 0 aliphatic heterocycles. The molecule has 0 saturated heterocycles. The van der Waals surface area contributed by atoms with Crippen LogP contribution in [0.2, 0.25) is 0 Å². The molecule has 0 bridgehead atoms. The van der Waals surface area contributed by atoms with Gasteiger partial charge in [-0.1, -0.05) is 13.5 Å². The van der Waals surface area contributed by atoms with Crippen molar-refractivity contribution in [2.45, 2.75) is 19.0 Å². The summed E-state index contributed by atoms with van der Waals surface area (Å²) in [4.78, 5) is 28.0. The van der Waals surface area contributed by atoms with Gasteiger partial charge in [0, 0.05) is 6.54 Å². The number of rotatable bonds is 5. The molecule has 0 heterocycles. The fourth-order valence-electron chi connectivity index (χ4n) is 0.645. The van der Waals surface area contributed by atoms with Crippen LogP contribution in [-0.4, -0.2) is 27.9 Å². The SMILES string of the molecule is C=CC(=O)NCCC(C)P(=O)(O)O. The van der Waals surface area contributed by atoms with E-state index in [2.05, 4.69) is 11.9 Å². The fraction of sp³-hybridized carbons (Fsp3) is 0.571. The molecule has 5 nitrogen and oxygen atoms in total. The predicted molar refractivity (Wildman–Crippen MR) is 49.3 cm³/mol. The van der Waals surface area contributed by atoms with Gasteiger partial charge in [-0.3, -0.25) is 9.36 Å². The molecule has 0 spiro atoms. The van der Waals surface area contributed by atoms with E-state index in [0.717, 1.165) is 6.08 Å². The number of carbonyl (C=O) groups is 1. The summed E-state index contributed by atoms with van der Waals surface area (Å²) in [6.45, 7) is 4.93. The van der Waals surface area contributed by atoms with E-state index < -0.39 is 13.3 Å². The molecule has 0 fully saturated rings. The van der Waals surface area contributed by atoms with E-state index in [1.165, 1.54) is 6.92 Å². The summed E-state index contributed by atoms with van der Waals surface area (Å²) in [5.74, 6) is -0.335. The van der Waals surface area contributed by atoms with E-state index >= 15 is 0 Å². The predicted octanol–water partition coefficient (Wildman–Crippen LogP) is 0.245. The molecule has 0 aromatic rings. The summed E-state index contributed by atoms with van der Waals surface area (Å²) in [7, 11) is -4.00. The highest BCUT2D eigenvalue weighted by Gasteiger charge is 2.22. The van der Waals surface area contributed by atoms with Gasteiger partial charge in [0.1, 0.15) is 0 Å². The van der Waals surface area contributed by atoms with Gasteiger partial charge in [0.05, 0.1) is 5.66 Å². The van der Waals surface area contributed by atoms with Crippen LogP contribution in [0.1, 0.15) is 13.3 Å². The van der Waals surface area contributed by atoms with Crippen molar-refractivity contribution in [2.24, 2.45) is 0 Å². The summed E-state index contributed by atoms with van der Waals surface area (Å²) < 4.78 is 10.6. The molecule has 3 N–H and O–H groups in total. The minimum atomic E-state index is -4.00. The van der Waals surface area contributed by atoms with Crippen LogP contribution in [0.3, 0.4) is 0 Å². The molecule has 0 aromatic heterocycles. The van der Waals surface area contributed by atoms with Gasteiger partial charge >= 0.3 is 7.60 Å². The van der Waals surface area contributed by atoms with Gasteiger partial charge in [0.15, 0.2) is 0 Å². The average molecular weight is 207 g/mol. The largest absolute Gasteiger partial charge is 0.353 e. The standard InChI is InChI=1S/C7H14NO4P/c1-3-7(9)8-5-4-6(2)13(10,11)12/h3,6H,1,4-5H2,2H3,(H,8,9)(H2,10,11,12). The lowest BCUT2D eigenvalue weighted by Gasteiger charge is -2.12. The smallest absolute Gasteiger partial charge is 0.328 e. The van der Waals surface area contributed by atoms with Crippen molar-refractivity contribution >= 4 is 13.5 Å². The van der Waals surface area contributed by atoms with Gasteiger partial charge in [-0.25, -0.2) is 0 Å². The van der Waals surface area contributed by atoms with Crippen LogP contribution >= 0.6 is 7.60 Å². The quantitative estimate of drug-likeness (QED) is 0.445. The summed E-state index contributed by atoms with van der Waals surface area (Å²) >= 11 is 0. The molecule has 13 heavy (non-hydrogen) atoms. The van der Waals surface area contributed by atoms with Gasteiger partial charge in [-0.15, -0.1) is 0 Å². The van der Waals surface area contributed by atoms with E-state index in [1.807, 2.05) is 0 Å². The number of hydrogen-bond acceptors (Lipinski definition) is 2. The Labute approximate surface area is 77.0 Å². The Morgan fingerprint density at radius 1 is 1.69 bits per heavy atom. The van der Waals surface area contributed by atoms with Gasteiger partial charge in [-0.05, 0) is 12.5 Å². The maximum absolute atomic E-state index is 10.6. The minimum Gasteiger partial charge on any atom is -0.353 e. The van der Waals surface area contributed by atoms with Crippen molar-refractivity contribution in [1.29, 1.82) is 0 Å². The van der Waals surface area contributed by atoms with Gasteiger partial charge in [0.25, 0.3) is 0 Å². The van der Waals surface area contributed by atoms with Crippen molar-refractivity contribution < 1.29 is 19.1 Å². The Balaban J connectivity index is 3.72. The molecule has 6 heteroatoms. The van der Waals surface area contributed by atoms with Crippen LogP contribution in [0, 0.1) is 0 Å². The van der Waals surface area contributed by atoms with Crippen molar-refractivity contribution in [2.75, 3.05) is 6.54 Å². The molecule has 0 rings (SSSR count). The summed E-state index contributed by atoms with van der Waals surface area (Å²) in [6.07, 6.45) is 1.37. The van der Waals surface area contributed by atoms with Crippen molar-refractivity contribution in [3.8, 4) is 0 Å². The second-order valence-corrected chi connectivity index (χ2v) is 4.78. The van der Waals surface area contributed by atoms with E-state index in [9.17, 15) is 9.36 Å². The Bertz CT molecular complexity index is 235. The Morgan fingerprint density at radius 3 is 2.62 bits per heavy atom. The van der Waals surface area contributed by atoms with Crippen LogP contribution in [-0.2, 0) is 9.36 Å². The number of carbonyl (C=O) groups excluding carboxylic acids is 1. The third-order valence-corrected chi connectivity index (χ3v) is 3.03. The highest BCUT2D eigenvalue weighted by atomic mass is 31.2. The van der Waals surface area contributed by atoms with Crippen LogP contribution in [0.25, 0.3) is 0 Å². The van der Waals surface area contributed by atoms with Crippen LogP contribution < -0.4 is 5.32 Å². The molecule has 0 saturated carbocycles. The molecule has 0 aliphatic rings. The van der Waals surface area contributed by atoms with Gasteiger partial charge in [-0.2, -0.15) is 0 Å². The molecule has 1 atom stereocenters. The highest BCUT2D eigenvalue weighted by molar-refractivity contribution is 7.52. The lowest BCUT2D eigenvalue weighted by molar-refractivity contribution is -0.116. The summed E-state index contributed by atoms with van der Waals surface area (Å²) in [5.41, 5.74) is -0.724. The number of hydrogen-bond donors (Lipinski definition) is 3. The molecule has 1 amide bonds. The van der Waals surface area contributed by atoms with E-state index in [4.69, 9.17) is 9.79 Å². The Morgan fingerprint density at radius 2 is 2.23 bits per heavy atom. The lowest BCUT2D eigenvalue weighted by Crippen LogP contribution is -2.24. The van der Waals surface area contributed by atoms with Gasteiger partial charge in [0.2, 0.25) is 5.91 Å². The molecular weight excluding hydrogens is 193 g/mol. The van der Waals surface area contributed by atoms with E-state index in [-0.39, 0.29) is 18.9 Å². The zero-order valence-electron chi connectivity index (χ0n) is 7.43. The summed E-state index contributed by atoms with van der Waals surface area (Å²) in [6, 6.07) is 0. The van der Waals surface area contributed by atoms with Crippen LogP contribution in [0.15, 0.2) is 12.7 Å². The molecule has 0 aromatic carbocycles. The topological polar surface area (TPSA) is 86.6 Å². The maximum atomic E-state index is 10.6. The second kappa shape index (κ2) is 5.17. The zero-order chi connectivity index (χ0) is 10.5. The van der Waals surface area contributed by atoms with Crippen molar-refractivity contribution in [3.63, 3.8) is 0 Å². The van der Waals surface area contributed by atoms with Crippen LogP contribution in [0.4, 0.5) is 0 Å². The summed E-state index contributed by atoms with van der Waals surface area (Å²) in [5, 5.41) is 2.44.